The summed E-state index contributed by atoms with van der Waals surface area (Å²) in [5, 5.41) is 9.76. The molecule has 0 radical (unpaired) electrons. The van der Waals surface area contributed by atoms with Crippen molar-refractivity contribution in [1.82, 2.24) is 9.21 Å². The second kappa shape index (κ2) is 9.64. The number of carbonyl (C=O) groups excluding carboxylic acids is 1. The lowest BCUT2D eigenvalue weighted by molar-refractivity contribution is -0.132. The lowest BCUT2D eigenvalue weighted by Crippen LogP contribution is -2.50. The Morgan fingerprint density at radius 2 is 1.85 bits per heavy atom. The Hall–Kier alpha value is -2.49. The molecule has 7 nitrogen and oxygen atoms in total. The number of hydrogen-bond donors (Lipinski definition) is 1. The van der Waals surface area contributed by atoms with Gasteiger partial charge >= 0.3 is 0 Å². The van der Waals surface area contributed by atoms with E-state index in [1.165, 1.54) is 22.5 Å². The Bertz CT molecular complexity index is 1150. The first kappa shape index (κ1) is 24.6. The van der Waals surface area contributed by atoms with E-state index in [9.17, 15) is 22.7 Å². The van der Waals surface area contributed by atoms with Crippen LogP contribution in [-0.2, 0) is 14.8 Å². The highest BCUT2D eigenvalue weighted by molar-refractivity contribution is 7.89. The number of halogens is 1. The van der Waals surface area contributed by atoms with E-state index in [1.807, 2.05) is 6.92 Å². The van der Waals surface area contributed by atoms with Crippen LogP contribution in [-0.4, -0.2) is 67.5 Å². The molecule has 34 heavy (non-hydrogen) atoms. The van der Waals surface area contributed by atoms with E-state index in [1.54, 1.807) is 43.1 Å². The zero-order chi connectivity index (χ0) is 24.6. The van der Waals surface area contributed by atoms with Crippen LogP contribution in [0.1, 0.15) is 26.7 Å². The largest absolute Gasteiger partial charge is 0.487 e. The van der Waals surface area contributed by atoms with Gasteiger partial charge in [0.1, 0.15) is 22.6 Å². The van der Waals surface area contributed by atoms with Crippen LogP contribution in [0.2, 0.25) is 0 Å². The van der Waals surface area contributed by atoms with Gasteiger partial charge in [-0.05, 0) is 55.2 Å². The summed E-state index contributed by atoms with van der Waals surface area (Å²) in [4.78, 5) is 14.2. The van der Waals surface area contributed by atoms with Gasteiger partial charge in [0, 0.05) is 31.5 Å². The fraction of sp³-hybridized carbons (Fsp3) is 0.480. The van der Waals surface area contributed by atoms with Gasteiger partial charge in [-0.15, -0.1) is 0 Å². The predicted octanol–water partition coefficient (Wildman–Crippen LogP) is 3.13. The number of likely N-dealkylation sites (N-methyl/N-ethyl adjacent to an activating group) is 1. The monoisotopic (exact) mass is 490 g/mol. The third-order valence-electron chi connectivity index (χ3n) is 6.60. The molecule has 2 aromatic carbocycles. The van der Waals surface area contributed by atoms with Crippen LogP contribution in [0.25, 0.3) is 11.1 Å². The first-order valence-corrected chi connectivity index (χ1v) is 13.0. The summed E-state index contributed by atoms with van der Waals surface area (Å²) in [6, 6.07) is 10.1. The van der Waals surface area contributed by atoms with E-state index in [4.69, 9.17) is 4.74 Å². The van der Waals surface area contributed by atoms with E-state index in [0.29, 0.717) is 12.1 Å². The number of carbonyl (C=O) groups is 1. The van der Waals surface area contributed by atoms with E-state index < -0.39 is 22.2 Å². The van der Waals surface area contributed by atoms with E-state index in [-0.39, 0.29) is 47.4 Å². The maximum Gasteiger partial charge on any atom is 0.247 e. The Balaban J connectivity index is 1.76. The minimum atomic E-state index is -3.96. The Morgan fingerprint density at radius 3 is 2.47 bits per heavy atom. The maximum atomic E-state index is 13.6. The van der Waals surface area contributed by atoms with Crippen molar-refractivity contribution in [3.05, 3.63) is 48.3 Å². The molecule has 9 heteroatoms. The molecule has 0 spiro atoms. The van der Waals surface area contributed by atoms with E-state index in [0.717, 1.165) is 18.4 Å². The molecule has 3 atom stereocenters. The molecule has 0 bridgehead atoms. The molecule has 0 saturated heterocycles. The van der Waals surface area contributed by atoms with Crippen molar-refractivity contribution in [2.75, 3.05) is 26.7 Å². The van der Waals surface area contributed by atoms with Crippen molar-refractivity contribution in [2.24, 2.45) is 11.8 Å². The van der Waals surface area contributed by atoms with Gasteiger partial charge in [-0.25, -0.2) is 12.8 Å². The second-order valence-electron chi connectivity index (χ2n) is 9.40. The summed E-state index contributed by atoms with van der Waals surface area (Å²) in [5.74, 6) is -0.287. The van der Waals surface area contributed by atoms with Gasteiger partial charge < -0.3 is 14.7 Å². The second-order valence-corrected chi connectivity index (χ2v) is 11.3. The lowest BCUT2D eigenvalue weighted by Gasteiger charge is -2.37. The zero-order valence-electron chi connectivity index (χ0n) is 19.6. The summed E-state index contributed by atoms with van der Waals surface area (Å²) in [6.07, 6.45) is 1.33. The first-order valence-electron chi connectivity index (χ1n) is 11.6. The average Bonchev–Trinajstić information content (AvgIpc) is 3.66. The minimum absolute atomic E-state index is 0.00624. The number of sulfonamides is 1. The standard InChI is InChI=1S/C25H31FN2O5S/c1-16-13-28(17(2)15-29)34(31,32)24-11-8-20(18-6-9-21(26)10-7-18)12-22(24)33-23(16)14-27(3)25(30)19-4-5-19/h6-12,16-17,19,23,29H,4-5,13-15H2,1-3H3/t16-,17+,23+/m1/s1. The molecule has 1 N–H and O–H groups in total. The number of amides is 1. The van der Waals surface area contributed by atoms with Crippen molar-refractivity contribution in [1.29, 1.82) is 0 Å². The normalized spacial score (nSPS) is 23.2. The SMILES string of the molecule is C[C@@H]1CN([C@@H](C)CO)S(=O)(=O)c2ccc(-c3ccc(F)cc3)cc2O[C@H]1CN(C)C(=O)C1CC1. The minimum Gasteiger partial charge on any atom is -0.487 e. The molecule has 4 rings (SSSR count). The van der Waals surface area contributed by atoms with Crippen molar-refractivity contribution in [3.63, 3.8) is 0 Å². The molecule has 1 saturated carbocycles. The number of hydrogen-bond acceptors (Lipinski definition) is 5. The third-order valence-corrected chi connectivity index (χ3v) is 8.62. The van der Waals surface area contributed by atoms with Crippen LogP contribution in [0.4, 0.5) is 4.39 Å². The molecular formula is C25H31FN2O5S. The van der Waals surface area contributed by atoms with Crippen LogP contribution in [0, 0.1) is 17.7 Å². The van der Waals surface area contributed by atoms with Crippen LogP contribution in [0.3, 0.4) is 0 Å². The highest BCUT2D eigenvalue weighted by atomic mass is 32.2. The number of aliphatic hydroxyl groups is 1. The van der Waals surface area contributed by atoms with Gasteiger partial charge in [0.25, 0.3) is 0 Å². The molecule has 1 heterocycles. The van der Waals surface area contributed by atoms with Crippen LogP contribution in [0.5, 0.6) is 5.75 Å². The van der Waals surface area contributed by atoms with E-state index >= 15 is 0 Å². The van der Waals surface area contributed by atoms with Gasteiger partial charge in [-0.2, -0.15) is 4.31 Å². The van der Waals surface area contributed by atoms with Crippen LogP contribution in [0.15, 0.2) is 47.4 Å². The number of aliphatic hydroxyl groups excluding tert-OH is 1. The highest BCUT2D eigenvalue weighted by Gasteiger charge is 2.39. The molecule has 2 aliphatic rings. The molecule has 184 valence electrons. The number of ether oxygens (including phenoxy) is 1. The van der Waals surface area contributed by atoms with Gasteiger partial charge in [-0.3, -0.25) is 4.79 Å². The van der Waals surface area contributed by atoms with Crippen molar-refractivity contribution in [2.45, 2.75) is 43.7 Å². The zero-order valence-corrected chi connectivity index (χ0v) is 20.5. The Labute approximate surface area is 200 Å². The molecule has 1 amide bonds. The molecular weight excluding hydrogens is 459 g/mol. The van der Waals surface area contributed by atoms with Crippen molar-refractivity contribution in [3.8, 4) is 16.9 Å². The Morgan fingerprint density at radius 1 is 1.21 bits per heavy atom. The number of benzene rings is 2. The lowest BCUT2D eigenvalue weighted by atomic mass is 10.0. The number of rotatable bonds is 6. The van der Waals surface area contributed by atoms with E-state index in [2.05, 4.69) is 0 Å². The molecule has 0 aromatic heterocycles. The Kier molecular flexibility index (Phi) is 6.98. The molecule has 2 aromatic rings. The first-order chi connectivity index (χ1) is 16.1. The van der Waals surface area contributed by atoms with Gasteiger partial charge in [0.15, 0.2) is 0 Å². The number of fused-ring (bicyclic) bond motifs is 1. The summed E-state index contributed by atoms with van der Waals surface area (Å²) in [6.45, 7) is 3.70. The molecule has 1 fully saturated rings. The summed E-state index contributed by atoms with van der Waals surface area (Å²) in [5.41, 5.74) is 1.41. The van der Waals surface area contributed by atoms with Gasteiger partial charge in [0.05, 0.1) is 13.2 Å². The van der Waals surface area contributed by atoms with Gasteiger partial charge in [-0.1, -0.05) is 25.1 Å². The topological polar surface area (TPSA) is 87.2 Å². The fourth-order valence-corrected chi connectivity index (χ4v) is 6.09. The predicted molar refractivity (Wildman–Crippen MR) is 126 cm³/mol. The quantitative estimate of drug-likeness (QED) is 0.672. The molecule has 1 aliphatic heterocycles. The smallest absolute Gasteiger partial charge is 0.247 e. The van der Waals surface area contributed by atoms with Crippen LogP contribution < -0.4 is 4.74 Å². The molecule has 1 aliphatic carbocycles. The average molecular weight is 491 g/mol. The van der Waals surface area contributed by atoms with Crippen molar-refractivity contribution >= 4 is 15.9 Å². The highest BCUT2D eigenvalue weighted by Crippen LogP contribution is 2.37. The molecule has 0 unspecified atom stereocenters. The summed E-state index contributed by atoms with van der Waals surface area (Å²) in [7, 11) is -2.21. The third kappa shape index (κ3) is 4.96. The number of nitrogens with zero attached hydrogens (tertiary/aromatic N) is 2. The van der Waals surface area contributed by atoms with Gasteiger partial charge in [0.2, 0.25) is 15.9 Å². The van der Waals surface area contributed by atoms with Crippen molar-refractivity contribution < 1.29 is 27.4 Å². The fourth-order valence-electron chi connectivity index (χ4n) is 4.27. The van der Waals surface area contributed by atoms with Crippen LogP contribution >= 0.6 is 0 Å². The maximum absolute atomic E-state index is 13.6. The summed E-state index contributed by atoms with van der Waals surface area (Å²) >= 11 is 0. The summed E-state index contributed by atoms with van der Waals surface area (Å²) < 4.78 is 48.2.